The summed E-state index contributed by atoms with van der Waals surface area (Å²) in [6.07, 6.45) is 3.22. The molecule has 0 spiro atoms. The van der Waals surface area contributed by atoms with Crippen LogP contribution in [0.25, 0.3) is 0 Å². The maximum Gasteiger partial charge on any atom is 0.217 e. The number of anilines is 2. The second-order valence-electron chi connectivity index (χ2n) is 7.87. The molecule has 1 aliphatic rings. The van der Waals surface area contributed by atoms with E-state index in [1.807, 2.05) is 58.0 Å². The third-order valence-electron chi connectivity index (χ3n) is 5.23. The molecule has 1 aromatic heterocycles. The lowest BCUT2D eigenvalue weighted by Crippen LogP contribution is -2.38. The van der Waals surface area contributed by atoms with Gasteiger partial charge in [0.25, 0.3) is 0 Å². The fourth-order valence-corrected chi connectivity index (χ4v) is 3.56. The zero-order chi connectivity index (χ0) is 28.6. The van der Waals surface area contributed by atoms with Gasteiger partial charge in [0.05, 0.1) is 13.2 Å². The summed E-state index contributed by atoms with van der Waals surface area (Å²) < 4.78 is 11.2. The average Bonchev–Trinajstić information content (AvgIpc) is 2.97. The molecule has 1 aromatic carbocycles. The molecule has 3 rings (SSSR count). The number of hydrogen-bond donors (Lipinski definition) is 3. The first-order valence-corrected chi connectivity index (χ1v) is 13.8. The van der Waals surface area contributed by atoms with Crippen molar-refractivity contribution in [2.45, 2.75) is 54.4 Å². The zero-order valence-corrected chi connectivity index (χ0v) is 24.3. The number of nitrogens with one attached hydrogen (secondary N) is 1. The number of oxime groups is 1. The van der Waals surface area contributed by atoms with Crippen molar-refractivity contribution in [3.8, 4) is 5.88 Å². The predicted molar refractivity (Wildman–Crippen MR) is 160 cm³/mol. The Bertz CT molecular complexity index is 868. The van der Waals surface area contributed by atoms with Crippen LogP contribution in [-0.4, -0.2) is 79.6 Å². The van der Waals surface area contributed by atoms with Gasteiger partial charge < -0.3 is 30.7 Å². The van der Waals surface area contributed by atoms with Crippen molar-refractivity contribution in [2.75, 3.05) is 63.2 Å². The van der Waals surface area contributed by atoms with Crippen LogP contribution in [0.5, 0.6) is 5.88 Å². The number of nitrogens with zero attached hydrogens (tertiary/aromatic N) is 4. The molecule has 214 valence electrons. The van der Waals surface area contributed by atoms with E-state index in [4.69, 9.17) is 25.8 Å². The normalized spacial score (nSPS) is 12.9. The molecule has 1 fully saturated rings. The Morgan fingerprint density at radius 1 is 1.11 bits per heavy atom. The third kappa shape index (κ3) is 13.9. The molecule has 0 radical (unpaired) electrons. The minimum atomic E-state index is 0.269. The second-order valence-corrected chi connectivity index (χ2v) is 7.87. The van der Waals surface area contributed by atoms with E-state index < -0.39 is 0 Å². The number of aromatic nitrogens is 1. The van der Waals surface area contributed by atoms with Gasteiger partial charge in [-0.15, -0.1) is 0 Å². The molecule has 9 heteroatoms. The first kappa shape index (κ1) is 34.8. The van der Waals surface area contributed by atoms with E-state index in [1.54, 1.807) is 12.1 Å². The number of nitrogens with two attached hydrogens (primary N) is 1. The van der Waals surface area contributed by atoms with Crippen molar-refractivity contribution >= 4 is 23.4 Å². The fraction of sp³-hybridized carbons (Fsp3) is 0.552. The topological polar surface area (TPSA) is 120 Å². The molecule has 9 nitrogen and oxygen atoms in total. The Hall–Kier alpha value is -3.17. The number of pyridine rings is 1. The molecular formula is C29H50N6O3. The summed E-state index contributed by atoms with van der Waals surface area (Å²) in [5, 5.41) is 18.2. The number of morpholine rings is 1. The molecule has 0 bridgehead atoms. The first-order chi connectivity index (χ1) is 18.6. The quantitative estimate of drug-likeness (QED) is 0.197. The molecular weight excluding hydrogens is 480 g/mol. The summed E-state index contributed by atoms with van der Waals surface area (Å²) in [7, 11) is 0. The lowest BCUT2D eigenvalue weighted by molar-refractivity contribution is 0.0320. The Balaban J connectivity index is 0.000000763. The number of benzene rings is 1. The maximum atomic E-state index is 8.42. The van der Waals surface area contributed by atoms with Gasteiger partial charge >= 0.3 is 0 Å². The summed E-state index contributed by atoms with van der Waals surface area (Å²) in [5.74, 6) is 1.13. The van der Waals surface area contributed by atoms with E-state index in [1.165, 1.54) is 0 Å². The molecule has 1 aliphatic heterocycles. The van der Waals surface area contributed by atoms with Gasteiger partial charge in [-0.3, -0.25) is 4.90 Å². The van der Waals surface area contributed by atoms with Crippen LogP contribution in [0.15, 0.2) is 47.6 Å². The van der Waals surface area contributed by atoms with Crippen LogP contribution in [0.2, 0.25) is 0 Å². The van der Waals surface area contributed by atoms with Crippen molar-refractivity contribution in [2.24, 2.45) is 5.16 Å². The van der Waals surface area contributed by atoms with Gasteiger partial charge in [-0.25, -0.2) is 0 Å². The van der Waals surface area contributed by atoms with Crippen LogP contribution in [0.4, 0.5) is 11.5 Å². The van der Waals surface area contributed by atoms with Crippen molar-refractivity contribution in [3.05, 3.63) is 48.0 Å². The molecule has 38 heavy (non-hydrogen) atoms. The van der Waals surface area contributed by atoms with Gasteiger partial charge in [0.1, 0.15) is 18.1 Å². The SMILES string of the molecule is CC.CC.CCCN(CCC)c1cc(N)nc(OCCN2CCOCC2)c1.N=C/C(=N/O)c1ccccc1. The van der Waals surface area contributed by atoms with Gasteiger partial charge in [0.2, 0.25) is 5.88 Å². The fourth-order valence-electron chi connectivity index (χ4n) is 3.56. The second kappa shape index (κ2) is 23.0. The van der Waals surface area contributed by atoms with Crippen molar-refractivity contribution in [3.63, 3.8) is 0 Å². The van der Waals surface area contributed by atoms with Gasteiger partial charge in [0, 0.05) is 62.3 Å². The summed E-state index contributed by atoms with van der Waals surface area (Å²) >= 11 is 0. The Morgan fingerprint density at radius 3 is 2.24 bits per heavy atom. The highest BCUT2D eigenvalue weighted by Crippen LogP contribution is 2.23. The lowest BCUT2D eigenvalue weighted by atomic mass is 10.1. The number of hydrogen-bond acceptors (Lipinski definition) is 9. The van der Waals surface area contributed by atoms with Crippen LogP contribution in [0.3, 0.4) is 0 Å². The van der Waals surface area contributed by atoms with Gasteiger partial charge in [-0.1, -0.05) is 77.0 Å². The Morgan fingerprint density at radius 2 is 1.71 bits per heavy atom. The van der Waals surface area contributed by atoms with E-state index >= 15 is 0 Å². The molecule has 1 saturated heterocycles. The van der Waals surface area contributed by atoms with Crippen molar-refractivity contribution < 1.29 is 14.7 Å². The third-order valence-corrected chi connectivity index (χ3v) is 5.23. The molecule has 0 aliphatic carbocycles. The number of rotatable bonds is 11. The molecule has 2 aromatic rings. The largest absolute Gasteiger partial charge is 0.476 e. The van der Waals surface area contributed by atoms with E-state index in [2.05, 4.69) is 33.8 Å². The summed E-state index contributed by atoms with van der Waals surface area (Å²) in [6, 6.07) is 13.0. The number of nitrogen functional groups attached to an aromatic ring is 1. The van der Waals surface area contributed by atoms with E-state index in [0.717, 1.165) is 76.2 Å². The van der Waals surface area contributed by atoms with Gasteiger partial charge in [0.15, 0.2) is 0 Å². The first-order valence-electron chi connectivity index (χ1n) is 13.8. The molecule has 2 heterocycles. The highest BCUT2D eigenvalue weighted by molar-refractivity contribution is 6.37. The van der Waals surface area contributed by atoms with Crippen molar-refractivity contribution in [1.82, 2.24) is 9.88 Å². The highest BCUT2D eigenvalue weighted by Gasteiger charge is 2.12. The molecule has 0 atom stereocenters. The Kier molecular flexibility index (Phi) is 21.1. The predicted octanol–water partition coefficient (Wildman–Crippen LogP) is 5.57. The van der Waals surface area contributed by atoms with E-state index in [9.17, 15) is 0 Å². The Labute approximate surface area is 230 Å². The summed E-state index contributed by atoms with van der Waals surface area (Å²) in [4.78, 5) is 8.99. The molecule has 0 unspecified atom stereocenters. The zero-order valence-electron chi connectivity index (χ0n) is 24.3. The summed E-state index contributed by atoms with van der Waals surface area (Å²) in [6.45, 7) is 19.5. The highest BCUT2D eigenvalue weighted by atomic mass is 16.5. The minimum Gasteiger partial charge on any atom is -0.476 e. The van der Waals surface area contributed by atoms with Gasteiger partial charge in [-0.05, 0) is 12.8 Å². The average molecular weight is 531 g/mol. The van der Waals surface area contributed by atoms with E-state index in [-0.39, 0.29) is 5.71 Å². The molecule has 0 saturated carbocycles. The smallest absolute Gasteiger partial charge is 0.217 e. The van der Waals surface area contributed by atoms with Crippen LogP contribution < -0.4 is 15.4 Å². The standard InChI is InChI=1S/C17H30N4O2.C8H8N2O.2C2H6/c1-3-5-21(6-4-2)15-13-16(18)19-17(14-15)23-12-9-20-7-10-22-11-8-20;9-6-8(10-11)7-4-2-1-3-5-7;2*1-2/h13-14H,3-12H2,1-2H3,(H2,18,19);1-6,9,11H;2*1-2H3/b;9-6?,10-8-;;. The van der Waals surface area contributed by atoms with Gasteiger partial charge in [-0.2, -0.15) is 4.98 Å². The lowest BCUT2D eigenvalue weighted by Gasteiger charge is -2.26. The minimum absolute atomic E-state index is 0.269. The van der Waals surface area contributed by atoms with Crippen LogP contribution >= 0.6 is 0 Å². The van der Waals surface area contributed by atoms with Crippen molar-refractivity contribution in [1.29, 1.82) is 5.41 Å². The van der Waals surface area contributed by atoms with Crippen LogP contribution in [0.1, 0.15) is 59.9 Å². The monoisotopic (exact) mass is 530 g/mol. The van der Waals surface area contributed by atoms with Crippen LogP contribution in [0, 0.1) is 5.41 Å². The maximum absolute atomic E-state index is 8.42. The summed E-state index contributed by atoms with van der Waals surface area (Å²) in [5.41, 5.74) is 8.07. The van der Waals surface area contributed by atoms with Crippen LogP contribution in [-0.2, 0) is 4.74 Å². The molecule has 0 amide bonds. The van der Waals surface area contributed by atoms with E-state index in [0.29, 0.717) is 18.3 Å². The molecule has 4 N–H and O–H groups in total. The number of ether oxygens (including phenoxy) is 2.